The number of nitrogens with zero attached hydrogens (tertiary/aromatic N) is 4. The van der Waals surface area contributed by atoms with Gasteiger partial charge in [-0.15, -0.1) is 0 Å². The van der Waals surface area contributed by atoms with E-state index in [1.807, 2.05) is 38.1 Å². The minimum Gasteiger partial charge on any atom is -0.305 e. The molecule has 0 fully saturated rings. The van der Waals surface area contributed by atoms with Crippen LogP contribution >= 0.6 is 0 Å². The number of alkyl halides is 3. The van der Waals surface area contributed by atoms with Crippen LogP contribution in [-0.2, 0) is 6.18 Å². The second kappa shape index (κ2) is 7.81. The number of aryl methyl sites for hydroxylation is 2. The summed E-state index contributed by atoms with van der Waals surface area (Å²) in [5, 5.41) is 17.0. The van der Waals surface area contributed by atoms with Crippen molar-refractivity contribution in [3.8, 4) is 11.9 Å². The lowest BCUT2D eigenvalue weighted by atomic mass is 10.1. The summed E-state index contributed by atoms with van der Waals surface area (Å²) in [6.07, 6.45) is -3.48. The van der Waals surface area contributed by atoms with Gasteiger partial charge in [0.15, 0.2) is 11.6 Å². The highest BCUT2D eigenvalue weighted by Gasteiger charge is 2.35. The summed E-state index contributed by atoms with van der Waals surface area (Å²) < 4.78 is 41.3. The molecule has 160 valence electrons. The standard InChI is InChI=1S/C23H16F3N5O/c1-13-6-5-8-16-14(2)10-19(29-20(13)16)31-21(15(11-27)12-28-31)30-22(32)17-7-3-4-9-18(17)23(24,25)26/h3-10,12H,1-2H3,(H,30,32). The van der Waals surface area contributed by atoms with Crippen LogP contribution in [0.15, 0.2) is 54.7 Å². The number of anilines is 1. The zero-order valence-electron chi connectivity index (χ0n) is 17.0. The largest absolute Gasteiger partial charge is 0.417 e. The summed E-state index contributed by atoms with van der Waals surface area (Å²) in [5.74, 6) is -0.746. The van der Waals surface area contributed by atoms with Crippen molar-refractivity contribution in [2.45, 2.75) is 20.0 Å². The van der Waals surface area contributed by atoms with Crippen molar-refractivity contribution in [2.24, 2.45) is 0 Å². The Kier molecular flexibility index (Phi) is 5.14. The highest BCUT2D eigenvalue weighted by atomic mass is 19.4. The summed E-state index contributed by atoms with van der Waals surface area (Å²) in [5.41, 5.74) is 0.892. The topological polar surface area (TPSA) is 83.6 Å². The van der Waals surface area contributed by atoms with Crippen molar-refractivity contribution in [2.75, 3.05) is 5.32 Å². The van der Waals surface area contributed by atoms with Gasteiger partial charge in [-0.05, 0) is 43.2 Å². The molecule has 4 rings (SSSR count). The van der Waals surface area contributed by atoms with Crippen LogP contribution < -0.4 is 5.32 Å². The number of aromatic nitrogens is 3. The van der Waals surface area contributed by atoms with Gasteiger partial charge in [-0.2, -0.15) is 28.2 Å². The van der Waals surface area contributed by atoms with Gasteiger partial charge in [-0.1, -0.05) is 30.3 Å². The molecular weight excluding hydrogens is 419 g/mol. The lowest BCUT2D eigenvalue weighted by Gasteiger charge is -2.14. The summed E-state index contributed by atoms with van der Waals surface area (Å²) in [6, 6.07) is 13.8. The molecule has 9 heteroatoms. The van der Waals surface area contributed by atoms with Crippen LogP contribution in [0, 0.1) is 25.2 Å². The lowest BCUT2D eigenvalue weighted by molar-refractivity contribution is -0.137. The fraction of sp³-hybridized carbons (Fsp3) is 0.130. The fourth-order valence-corrected chi connectivity index (χ4v) is 3.48. The van der Waals surface area contributed by atoms with Gasteiger partial charge in [0.2, 0.25) is 0 Å². The molecule has 0 unspecified atom stereocenters. The molecule has 0 atom stereocenters. The zero-order chi connectivity index (χ0) is 23.0. The number of benzene rings is 2. The molecule has 0 aliphatic heterocycles. The molecule has 2 aromatic carbocycles. The van der Waals surface area contributed by atoms with E-state index in [2.05, 4.69) is 15.4 Å². The zero-order valence-corrected chi connectivity index (χ0v) is 17.0. The van der Waals surface area contributed by atoms with Crippen molar-refractivity contribution in [3.05, 3.63) is 82.5 Å². The first-order chi connectivity index (χ1) is 15.2. The number of carbonyl (C=O) groups excluding carboxylic acids is 1. The molecule has 32 heavy (non-hydrogen) atoms. The molecule has 0 spiro atoms. The number of hydrogen-bond donors (Lipinski definition) is 1. The third-order valence-corrected chi connectivity index (χ3v) is 5.05. The van der Waals surface area contributed by atoms with Crippen molar-refractivity contribution in [1.29, 1.82) is 5.26 Å². The van der Waals surface area contributed by atoms with E-state index in [1.165, 1.54) is 23.0 Å². The average molecular weight is 435 g/mol. The van der Waals surface area contributed by atoms with Crippen molar-refractivity contribution >= 4 is 22.6 Å². The minimum absolute atomic E-state index is 0.00725. The smallest absolute Gasteiger partial charge is 0.305 e. The Hall–Kier alpha value is -4.19. The molecule has 4 aromatic rings. The Morgan fingerprint density at radius 3 is 2.56 bits per heavy atom. The molecule has 0 aliphatic rings. The maximum Gasteiger partial charge on any atom is 0.417 e. The molecule has 0 aliphatic carbocycles. The van der Waals surface area contributed by atoms with Crippen LogP contribution in [0.5, 0.6) is 0 Å². The molecule has 0 bridgehead atoms. The van der Waals surface area contributed by atoms with Crippen LogP contribution in [0.1, 0.15) is 32.6 Å². The van der Waals surface area contributed by atoms with Crippen LogP contribution in [0.2, 0.25) is 0 Å². The molecule has 6 nitrogen and oxygen atoms in total. The Balaban J connectivity index is 1.82. The Morgan fingerprint density at radius 2 is 1.84 bits per heavy atom. The van der Waals surface area contributed by atoms with Crippen LogP contribution in [-0.4, -0.2) is 20.7 Å². The number of fused-ring (bicyclic) bond motifs is 1. The normalized spacial score (nSPS) is 11.4. The predicted octanol–water partition coefficient (Wildman–Crippen LogP) is 5.18. The van der Waals surface area contributed by atoms with E-state index in [4.69, 9.17) is 0 Å². The number of pyridine rings is 1. The summed E-state index contributed by atoms with van der Waals surface area (Å²) >= 11 is 0. The number of para-hydroxylation sites is 1. The maximum atomic E-state index is 13.3. The SMILES string of the molecule is Cc1cc(-n2ncc(C#N)c2NC(=O)c2ccccc2C(F)(F)F)nc2c(C)cccc12. The number of halogens is 3. The van der Waals surface area contributed by atoms with Crippen LogP contribution in [0.3, 0.4) is 0 Å². The number of nitrogens with one attached hydrogen (secondary N) is 1. The quantitative estimate of drug-likeness (QED) is 0.481. The van der Waals surface area contributed by atoms with Gasteiger partial charge < -0.3 is 5.32 Å². The second-order valence-corrected chi connectivity index (χ2v) is 7.20. The molecular formula is C23H16F3N5O. The van der Waals surface area contributed by atoms with E-state index in [0.29, 0.717) is 5.82 Å². The molecule has 2 heterocycles. The van der Waals surface area contributed by atoms with Gasteiger partial charge >= 0.3 is 6.18 Å². The van der Waals surface area contributed by atoms with Crippen LogP contribution in [0.4, 0.5) is 19.0 Å². The number of rotatable bonds is 3. The van der Waals surface area contributed by atoms with Gasteiger partial charge in [0.25, 0.3) is 5.91 Å². The van der Waals surface area contributed by atoms with Gasteiger partial charge in [0.1, 0.15) is 11.6 Å². The van der Waals surface area contributed by atoms with E-state index in [9.17, 15) is 23.2 Å². The van der Waals surface area contributed by atoms with Crippen molar-refractivity contribution < 1.29 is 18.0 Å². The molecule has 2 aromatic heterocycles. The Labute approximate surface area is 180 Å². The van der Waals surface area contributed by atoms with Gasteiger partial charge in [-0.25, -0.2) is 4.98 Å². The van der Waals surface area contributed by atoms with Crippen molar-refractivity contribution in [3.63, 3.8) is 0 Å². The highest BCUT2D eigenvalue weighted by Crippen LogP contribution is 2.32. The molecule has 1 N–H and O–H groups in total. The van der Waals surface area contributed by atoms with Crippen LogP contribution in [0.25, 0.3) is 16.7 Å². The van der Waals surface area contributed by atoms with E-state index in [1.54, 1.807) is 6.07 Å². The van der Waals surface area contributed by atoms with Gasteiger partial charge in [-0.3, -0.25) is 4.79 Å². The predicted molar refractivity (Wildman–Crippen MR) is 112 cm³/mol. The summed E-state index contributed by atoms with van der Waals surface area (Å²) in [6.45, 7) is 3.79. The number of hydrogen-bond acceptors (Lipinski definition) is 4. The first kappa shape index (κ1) is 21.1. The number of amides is 1. The molecule has 1 amide bonds. The van der Waals surface area contributed by atoms with E-state index in [0.717, 1.165) is 34.2 Å². The Morgan fingerprint density at radius 1 is 1.09 bits per heavy atom. The summed E-state index contributed by atoms with van der Waals surface area (Å²) in [4.78, 5) is 17.4. The fourth-order valence-electron chi connectivity index (χ4n) is 3.48. The number of nitriles is 1. The Bertz CT molecular complexity index is 1400. The van der Waals surface area contributed by atoms with E-state index in [-0.39, 0.29) is 11.4 Å². The second-order valence-electron chi connectivity index (χ2n) is 7.20. The third-order valence-electron chi connectivity index (χ3n) is 5.05. The van der Waals surface area contributed by atoms with Crippen molar-refractivity contribution in [1.82, 2.24) is 14.8 Å². The summed E-state index contributed by atoms with van der Waals surface area (Å²) in [7, 11) is 0. The number of carbonyl (C=O) groups is 1. The molecule has 0 saturated carbocycles. The lowest BCUT2D eigenvalue weighted by Crippen LogP contribution is -2.20. The molecule has 0 radical (unpaired) electrons. The molecule has 0 saturated heterocycles. The van der Waals surface area contributed by atoms with E-state index >= 15 is 0 Å². The average Bonchev–Trinajstić information content (AvgIpc) is 3.16. The van der Waals surface area contributed by atoms with Gasteiger partial charge in [0, 0.05) is 5.39 Å². The monoisotopic (exact) mass is 435 g/mol. The van der Waals surface area contributed by atoms with Gasteiger partial charge in [0.05, 0.1) is 22.8 Å². The van der Waals surface area contributed by atoms with E-state index < -0.39 is 23.2 Å². The highest BCUT2D eigenvalue weighted by molar-refractivity contribution is 6.05. The minimum atomic E-state index is -4.71. The first-order valence-electron chi connectivity index (χ1n) is 9.53. The first-order valence-corrected chi connectivity index (χ1v) is 9.53. The maximum absolute atomic E-state index is 13.3. The third kappa shape index (κ3) is 3.67.